The van der Waals surface area contributed by atoms with E-state index in [1.165, 1.54) is 30.3 Å². The van der Waals surface area contributed by atoms with Crippen molar-refractivity contribution < 1.29 is 29.1 Å². The number of amides is 3. The Labute approximate surface area is 160 Å². The van der Waals surface area contributed by atoms with Gasteiger partial charge in [0.25, 0.3) is 11.8 Å². The maximum atomic E-state index is 12.6. The second-order valence-electron chi connectivity index (χ2n) is 5.20. The second kappa shape index (κ2) is 7.75. The van der Waals surface area contributed by atoms with Crippen molar-refractivity contribution in [2.24, 2.45) is 5.16 Å². The molecular formula is C14H13N5O6S2. The molecule has 3 heterocycles. The monoisotopic (exact) mass is 411 g/mol. The summed E-state index contributed by atoms with van der Waals surface area (Å²) in [5.41, 5.74) is -0.104. The van der Waals surface area contributed by atoms with Crippen molar-refractivity contribution in [2.45, 2.75) is 11.4 Å². The Morgan fingerprint density at radius 3 is 2.96 bits per heavy atom. The quantitative estimate of drug-likeness (QED) is 0.234. The number of aliphatic carboxylic acids is 1. The minimum Gasteiger partial charge on any atom is -0.477 e. The maximum absolute atomic E-state index is 12.6. The topological polar surface area (TPSA) is 150 Å². The molecule has 3 N–H and O–H groups in total. The fraction of sp³-hybridized carbons (Fsp3) is 0.286. The summed E-state index contributed by atoms with van der Waals surface area (Å²) in [5.74, 6) is -2.01. The van der Waals surface area contributed by atoms with Crippen LogP contribution in [-0.4, -0.2) is 69.2 Å². The molecule has 2 aliphatic rings. The molecule has 1 saturated heterocycles. The van der Waals surface area contributed by atoms with Gasteiger partial charge >= 0.3 is 5.97 Å². The number of anilines is 1. The summed E-state index contributed by atoms with van der Waals surface area (Å²) in [7, 11) is 1.25. The molecule has 3 amide bonds. The van der Waals surface area contributed by atoms with Crippen molar-refractivity contribution in [1.29, 1.82) is 0 Å². The highest BCUT2D eigenvalue weighted by atomic mass is 32.2. The third-order valence-electron chi connectivity index (χ3n) is 3.68. The summed E-state index contributed by atoms with van der Waals surface area (Å²) < 4.78 is 0. The van der Waals surface area contributed by atoms with Crippen molar-refractivity contribution in [2.75, 3.05) is 18.2 Å². The molecule has 1 aromatic heterocycles. The van der Waals surface area contributed by atoms with Gasteiger partial charge in [-0.3, -0.25) is 19.3 Å². The summed E-state index contributed by atoms with van der Waals surface area (Å²) >= 11 is 2.42. The first-order chi connectivity index (χ1) is 13.0. The highest BCUT2D eigenvalue weighted by Crippen LogP contribution is 2.37. The number of hydrogen-bond acceptors (Lipinski definition) is 9. The number of carboxylic acid groups (broad SMARTS) is 1. The lowest BCUT2D eigenvalue weighted by molar-refractivity contribution is -0.150. The molecule has 13 heteroatoms. The summed E-state index contributed by atoms with van der Waals surface area (Å²) in [4.78, 5) is 56.5. The number of nitrogens with one attached hydrogen (secondary N) is 2. The van der Waals surface area contributed by atoms with Crippen molar-refractivity contribution in [3.05, 3.63) is 22.8 Å². The van der Waals surface area contributed by atoms with Crippen LogP contribution in [0.3, 0.4) is 0 Å². The average molecular weight is 411 g/mol. The van der Waals surface area contributed by atoms with Crippen LogP contribution in [0.4, 0.5) is 5.13 Å². The lowest BCUT2D eigenvalue weighted by Crippen LogP contribution is -2.70. The van der Waals surface area contributed by atoms with Crippen molar-refractivity contribution in [1.82, 2.24) is 15.2 Å². The number of carbonyl (C=O) groups excluding carboxylic acids is 3. The van der Waals surface area contributed by atoms with E-state index in [1.807, 2.05) is 0 Å². The number of aromatic nitrogens is 1. The summed E-state index contributed by atoms with van der Waals surface area (Å²) in [6.07, 6.45) is 1.90. The normalized spacial score (nSPS) is 21.5. The Bertz CT molecular complexity index is 866. The molecular weight excluding hydrogens is 398 g/mol. The van der Waals surface area contributed by atoms with E-state index >= 15 is 0 Å². The first-order valence-electron chi connectivity index (χ1n) is 7.44. The molecule has 0 aliphatic carbocycles. The van der Waals surface area contributed by atoms with E-state index in [1.54, 1.807) is 0 Å². The number of thiazole rings is 1. The SMILES string of the molecule is CON=C(C(=O)NC1C(=O)N2C(C(=O)O)=CCS[C@H]12)c1csc(NC=O)n1. The zero-order valence-electron chi connectivity index (χ0n) is 13.7. The van der Waals surface area contributed by atoms with Crippen LogP contribution >= 0.6 is 23.1 Å². The summed E-state index contributed by atoms with van der Waals surface area (Å²) in [6, 6.07) is -0.890. The number of carboxylic acids is 1. The number of oxime groups is 1. The van der Waals surface area contributed by atoms with Crippen LogP contribution in [0.25, 0.3) is 0 Å². The molecule has 11 nitrogen and oxygen atoms in total. The van der Waals surface area contributed by atoms with Gasteiger partial charge in [-0.2, -0.15) is 0 Å². The standard InChI is InChI=1S/C14H13N5O6S2/c1-25-18-8(6-4-27-14(16-6)15-5-20)10(21)17-9-11(22)19-7(13(23)24)2-3-26-12(9)19/h2,4-5,9,12H,3H2,1H3,(H,17,21)(H,23,24)(H,15,16,20)/t9?,12-/m1/s1. The van der Waals surface area contributed by atoms with Gasteiger partial charge in [0.05, 0.1) is 0 Å². The lowest BCUT2D eigenvalue weighted by atomic mass is 10.0. The molecule has 1 aromatic rings. The molecule has 1 fully saturated rings. The van der Waals surface area contributed by atoms with Gasteiger partial charge in [0, 0.05) is 11.1 Å². The van der Waals surface area contributed by atoms with Gasteiger partial charge < -0.3 is 20.6 Å². The number of carbonyl (C=O) groups is 4. The van der Waals surface area contributed by atoms with Gasteiger partial charge in [-0.1, -0.05) is 5.16 Å². The fourth-order valence-electron chi connectivity index (χ4n) is 2.54. The van der Waals surface area contributed by atoms with Crippen LogP contribution in [0.5, 0.6) is 0 Å². The number of β-lactam (4-membered cyclic amide) rings is 1. The molecule has 2 atom stereocenters. The Morgan fingerprint density at radius 1 is 1.52 bits per heavy atom. The fourth-order valence-corrected chi connectivity index (χ4v) is 4.39. The van der Waals surface area contributed by atoms with Crippen LogP contribution in [0, 0.1) is 0 Å². The number of nitrogens with zero attached hydrogens (tertiary/aromatic N) is 3. The predicted octanol–water partition coefficient (Wildman–Crippen LogP) is -0.570. The Hall–Kier alpha value is -2.93. The van der Waals surface area contributed by atoms with Gasteiger partial charge in [-0.05, 0) is 6.08 Å². The molecule has 0 bridgehead atoms. The third-order valence-corrected chi connectivity index (χ3v) is 5.64. The summed E-state index contributed by atoms with van der Waals surface area (Å²) in [5, 5.41) is 19.0. The van der Waals surface area contributed by atoms with Gasteiger partial charge in [-0.15, -0.1) is 23.1 Å². The van der Waals surface area contributed by atoms with E-state index in [-0.39, 0.29) is 22.2 Å². The molecule has 2 aliphatic heterocycles. The van der Waals surface area contributed by atoms with Crippen LogP contribution < -0.4 is 10.6 Å². The number of hydrogen-bond donors (Lipinski definition) is 3. The van der Waals surface area contributed by atoms with E-state index in [2.05, 4.69) is 25.6 Å². The van der Waals surface area contributed by atoms with E-state index in [9.17, 15) is 19.2 Å². The van der Waals surface area contributed by atoms with Gasteiger partial charge in [0.15, 0.2) is 10.8 Å². The second-order valence-corrected chi connectivity index (χ2v) is 7.21. The van der Waals surface area contributed by atoms with E-state index < -0.39 is 29.2 Å². The number of fused-ring (bicyclic) bond motifs is 1. The van der Waals surface area contributed by atoms with Crippen LogP contribution in [-0.2, 0) is 24.0 Å². The lowest BCUT2D eigenvalue weighted by Gasteiger charge is -2.48. The molecule has 27 heavy (non-hydrogen) atoms. The van der Waals surface area contributed by atoms with Crippen LogP contribution in [0.1, 0.15) is 5.69 Å². The molecule has 142 valence electrons. The summed E-state index contributed by atoms with van der Waals surface area (Å²) in [6.45, 7) is 0. The minimum absolute atomic E-state index is 0.0934. The van der Waals surface area contributed by atoms with Crippen LogP contribution in [0.15, 0.2) is 22.3 Å². The first-order valence-corrected chi connectivity index (χ1v) is 9.37. The number of thioether (sulfide) groups is 1. The van der Waals surface area contributed by atoms with Gasteiger partial charge in [0.2, 0.25) is 6.41 Å². The number of rotatable bonds is 7. The largest absolute Gasteiger partial charge is 0.477 e. The predicted molar refractivity (Wildman–Crippen MR) is 96.1 cm³/mol. The molecule has 1 unspecified atom stereocenters. The third kappa shape index (κ3) is 3.50. The van der Waals surface area contributed by atoms with Gasteiger partial charge in [-0.25, -0.2) is 9.78 Å². The van der Waals surface area contributed by atoms with Crippen molar-refractivity contribution in [3.63, 3.8) is 0 Å². The Morgan fingerprint density at radius 2 is 2.30 bits per heavy atom. The van der Waals surface area contributed by atoms with Crippen molar-refractivity contribution in [3.8, 4) is 0 Å². The Kier molecular flexibility index (Phi) is 5.41. The first kappa shape index (κ1) is 18.8. The molecule has 3 rings (SSSR count). The maximum Gasteiger partial charge on any atom is 0.352 e. The van der Waals surface area contributed by atoms with Gasteiger partial charge in [0.1, 0.15) is 29.9 Å². The highest BCUT2D eigenvalue weighted by Gasteiger charge is 2.53. The van der Waals surface area contributed by atoms with E-state index in [4.69, 9.17) is 5.11 Å². The molecule has 0 radical (unpaired) electrons. The van der Waals surface area contributed by atoms with E-state index in [0.717, 1.165) is 16.2 Å². The molecule has 0 aromatic carbocycles. The minimum atomic E-state index is -1.20. The van der Waals surface area contributed by atoms with E-state index in [0.29, 0.717) is 12.2 Å². The van der Waals surface area contributed by atoms with Crippen LogP contribution in [0.2, 0.25) is 0 Å². The highest BCUT2D eigenvalue weighted by molar-refractivity contribution is 8.00. The van der Waals surface area contributed by atoms with Crippen molar-refractivity contribution >= 4 is 58.1 Å². The average Bonchev–Trinajstić information content (AvgIpc) is 3.11. The Balaban J connectivity index is 1.74. The molecule has 0 saturated carbocycles. The zero-order valence-corrected chi connectivity index (χ0v) is 15.4. The smallest absolute Gasteiger partial charge is 0.352 e. The zero-order chi connectivity index (χ0) is 19.6. The molecule has 0 spiro atoms.